The number of rotatable bonds is 4. The summed E-state index contributed by atoms with van der Waals surface area (Å²) in [5.74, 6) is 0. The average Bonchev–Trinajstić information content (AvgIpc) is 2.46. The van der Waals surface area contributed by atoms with E-state index >= 15 is 0 Å². The van der Waals surface area contributed by atoms with Crippen LogP contribution >= 0.6 is 0 Å². The fourth-order valence-corrected chi connectivity index (χ4v) is 2.07. The third kappa shape index (κ3) is 3.75. The van der Waals surface area contributed by atoms with Gasteiger partial charge in [-0.05, 0) is 12.6 Å². The Morgan fingerprint density at radius 3 is 2.79 bits per heavy atom. The zero-order valence-electron chi connectivity index (χ0n) is 11.0. The summed E-state index contributed by atoms with van der Waals surface area (Å²) in [6.45, 7) is 5.30. The highest BCUT2D eigenvalue weighted by molar-refractivity contribution is 5.86. The van der Waals surface area contributed by atoms with Crippen molar-refractivity contribution in [3.05, 3.63) is 34.4 Å². The van der Waals surface area contributed by atoms with Crippen LogP contribution in [0.3, 0.4) is 0 Å². The lowest BCUT2D eigenvalue weighted by atomic mass is 10.1. The summed E-state index contributed by atoms with van der Waals surface area (Å²) >= 11 is 0. The van der Waals surface area contributed by atoms with Crippen LogP contribution in [0, 0.1) is 10.1 Å². The summed E-state index contributed by atoms with van der Waals surface area (Å²) in [6, 6.07) is 6.39. The van der Waals surface area contributed by atoms with Gasteiger partial charge in [0.05, 0.1) is 10.6 Å². The third-order valence-corrected chi connectivity index (χ3v) is 3.28. The molecule has 6 nitrogen and oxygen atoms in total. The van der Waals surface area contributed by atoms with Crippen molar-refractivity contribution < 1.29 is 4.92 Å². The highest BCUT2D eigenvalue weighted by Gasteiger charge is 2.13. The Kier molecular flexibility index (Phi) is 4.46. The molecule has 19 heavy (non-hydrogen) atoms. The number of nitro benzene ring substituents is 1. The molecule has 0 aromatic heterocycles. The van der Waals surface area contributed by atoms with E-state index in [1.165, 1.54) is 12.1 Å². The lowest BCUT2D eigenvalue weighted by molar-refractivity contribution is -0.384. The number of hydrogen-bond acceptors (Lipinski definition) is 5. The van der Waals surface area contributed by atoms with Crippen molar-refractivity contribution in [1.29, 1.82) is 0 Å². The van der Waals surface area contributed by atoms with Crippen molar-refractivity contribution in [2.75, 3.05) is 25.1 Å². The molecule has 6 heteroatoms. The van der Waals surface area contributed by atoms with E-state index in [2.05, 4.69) is 22.4 Å². The molecule has 0 bridgehead atoms. The predicted molar refractivity (Wildman–Crippen MR) is 75.5 cm³/mol. The van der Waals surface area contributed by atoms with Crippen LogP contribution in [0.5, 0.6) is 0 Å². The topological polar surface area (TPSA) is 70.8 Å². The van der Waals surface area contributed by atoms with E-state index in [1.54, 1.807) is 12.1 Å². The van der Waals surface area contributed by atoms with Gasteiger partial charge in [0.25, 0.3) is 5.69 Å². The predicted octanol–water partition coefficient (Wildman–Crippen LogP) is 2.48. The Hall–Kier alpha value is -1.95. The molecular formula is C13H18N4O2. The monoisotopic (exact) mass is 262 g/mol. The van der Waals surface area contributed by atoms with Crippen LogP contribution in [0.4, 0.5) is 11.4 Å². The Balaban J connectivity index is 1.95. The van der Waals surface area contributed by atoms with Gasteiger partial charge in [0.1, 0.15) is 0 Å². The summed E-state index contributed by atoms with van der Waals surface area (Å²) in [4.78, 5) is 12.6. The van der Waals surface area contributed by atoms with E-state index in [0.29, 0.717) is 5.69 Å². The maximum Gasteiger partial charge on any atom is 0.271 e. The fraction of sp³-hybridized carbons (Fsp3) is 0.462. The first-order valence-electron chi connectivity index (χ1n) is 6.47. The van der Waals surface area contributed by atoms with E-state index in [4.69, 9.17) is 0 Å². The molecule has 0 aliphatic carbocycles. The first-order valence-corrected chi connectivity index (χ1v) is 6.47. The van der Waals surface area contributed by atoms with Crippen molar-refractivity contribution >= 4 is 17.1 Å². The normalized spacial score (nSPS) is 16.2. The molecule has 102 valence electrons. The molecule has 1 fully saturated rings. The number of likely N-dealkylation sites (tertiary alicyclic amines) is 1. The zero-order valence-corrected chi connectivity index (χ0v) is 11.0. The second kappa shape index (κ2) is 6.29. The first-order chi connectivity index (χ1) is 9.19. The van der Waals surface area contributed by atoms with Crippen molar-refractivity contribution in [2.45, 2.75) is 19.8 Å². The SMILES string of the molecule is CCN1CCC(=NNc2cccc([N+](=O)[O-])c2)CC1. The van der Waals surface area contributed by atoms with Crippen LogP contribution in [-0.4, -0.2) is 35.2 Å². The molecule has 0 atom stereocenters. The molecule has 1 aliphatic heterocycles. The molecule has 1 aromatic carbocycles. The van der Waals surface area contributed by atoms with Gasteiger partial charge in [0.2, 0.25) is 0 Å². The van der Waals surface area contributed by atoms with Crippen LogP contribution in [0.25, 0.3) is 0 Å². The van der Waals surface area contributed by atoms with E-state index in [-0.39, 0.29) is 5.69 Å². The van der Waals surface area contributed by atoms with Gasteiger partial charge in [0, 0.05) is 43.8 Å². The molecule has 1 aromatic rings. The molecule has 1 N–H and O–H groups in total. The number of nitro groups is 1. The molecular weight excluding hydrogens is 244 g/mol. The number of hydrazone groups is 1. The summed E-state index contributed by atoms with van der Waals surface area (Å²) in [5.41, 5.74) is 4.76. The third-order valence-electron chi connectivity index (χ3n) is 3.28. The van der Waals surface area contributed by atoms with E-state index in [1.807, 2.05) is 0 Å². The van der Waals surface area contributed by atoms with Crippen molar-refractivity contribution in [3.8, 4) is 0 Å². The number of nitrogens with zero attached hydrogens (tertiary/aromatic N) is 3. The number of benzene rings is 1. The maximum absolute atomic E-state index is 10.7. The second-order valence-corrected chi connectivity index (χ2v) is 4.53. The lowest BCUT2D eigenvalue weighted by Gasteiger charge is -2.25. The van der Waals surface area contributed by atoms with Crippen LogP contribution in [0.15, 0.2) is 29.4 Å². The van der Waals surface area contributed by atoms with Gasteiger partial charge < -0.3 is 4.90 Å². The molecule has 0 saturated carbocycles. The van der Waals surface area contributed by atoms with Gasteiger partial charge >= 0.3 is 0 Å². The Labute approximate surface area is 112 Å². The van der Waals surface area contributed by atoms with Gasteiger partial charge in [-0.3, -0.25) is 15.5 Å². The minimum absolute atomic E-state index is 0.0750. The molecule has 1 saturated heterocycles. The minimum Gasteiger partial charge on any atom is -0.303 e. The molecule has 1 heterocycles. The standard InChI is InChI=1S/C13H18N4O2/c1-2-16-8-6-11(7-9-16)14-15-12-4-3-5-13(10-12)17(18)19/h3-5,10,15H,2,6-9H2,1H3. The molecule has 2 rings (SSSR count). The largest absolute Gasteiger partial charge is 0.303 e. The summed E-state index contributed by atoms with van der Waals surface area (Å²) < 4.78 is 0. The Morgan fingerprint density at radius 2 is 2.16 bits per heavy atom. The number of nitrogens with one attached hydrogen (secondary N) is 1. The van der Waals surface area contributed by atoms with Gasteiger partial charge in [0.15, 0.2) is 0 Å². The van der Waals surface area contributed by atoms with Crippen molar-refractivity contribution in [1.82, 2.24) is 4.90 Å². The van der Waals surface area contributed by atoms with E-state index in [9.17, 15) is 10.1 Å². The van der Waals surface area contributed by atoms with Crippen LogP contribution < -0.4 is 5.43 Å². The maximum atomic E-state index is 10.7. The highest BCUT2D eigenvalue weighted by Crippen LogP contribution is 2.17. The van der Waals surface area contributed by atoms with Crippen LogP contribution in [-0.2, 0) is 0 Å². The average molecular weight is 262 g/mol. The summed E-state index contributed by atoms with van der Waals surface area (Å²) in [7, 11) is 0. The molecule has 0 unspecified atom stereocenters. The summed E-state index contributed by atoms with van der Waals surface area (Å²) in [6.07, 6.45) is 1.91. The number of piperidine rings is 1. The number of non-ortho nitro benzene ring substituents is 1. The second-order valence-electron chi connectivity index (χ2n) is 4.53. The van der Waals surface area contributed by atoms with Gasteiger partial charge in [-0.25, -0.2) is 0 Å². The molecule has 0 amide bonds. The van der Waals surface area contributed by atoms with Gasteiger partial charge in [-0.2, -0.15) is 5.10 Å². The quantitative estimate of drug-likeness (QED) is 0.668. The van der Waals surface area contributed by atoms with Crippen molar-refractivity contribution in [2.24, 2.45) is 5.10 Å². The van der Waals surface area contributed by atoms with Crippen LogP contribution in [0.2, 0.25) is 0 Å². The minimum atomic E-state index is -0.405. The number of hydrogen-bond donors (Lipinski definition) is 1. The summed E-state index contributed by atoms with van der Waals surface area (Å²) in [5, 5.41) is 15.0. The van der Waals surface area contributed by atoms with Crippen LogP contribution in [0.1, 0.15) is 19.8 Å². The zero-order chi connectivity index (χ0) is 13.7. The molecule has 0 spiro atoms. The smallest absolute Gasteiger partial charge is 0.271 e. The van der Waals surface area contributed by atoms with Gasteiger partial charge in [-0.1, -0.05) is 13.0 Å². The van der Waals surface area contributed by atoms with E-state index < -0.39 is 4.92 Å². The Morgan fingerprint density at radius 1 is 1.42 bits per heavy atom. The fourth-order valence-electron chi connectivity index (χ4n) is 2.07. The molecule has 1 aliphatic rings. The molecule has 0 radical (unpaired) electrons. The highest BCUT2D eigenvalue weighted by atomic mass is 16.6. The lowest BCUT2D eigenvalue weighted by Crippen LogP contribution is -2.33. The Bertz CT molecular complexity index is 477. The first kappa shape index (κ1) is 13.5. The van der Waals surface area contributed by atoms with Gasteiger partial charge in [-0.15, -0.1) is 0 Å². The van der Waals surface area contributed by atoms with E-state index in [0.717, 1.165) is 38.2 Å². The van der Waals surface area contributed by atoms with Crippen molar-refractivity contribution in [3.63, 3.8) is 0 Å². The number of anilines is 1.